The van der Waals surface area contributed by atoms with Gasteiger partial charge in [-0.15, -0.1) is 11.8 Å². The minimum atomic E-state index is 0.569. The van der Waals surface area contributed by atoms with Crippen molar-refractivity contribution in [2.45, 2.75) is 56.5 Å². The second kappa shape index (κ2) is 6.46. The molecule has 0 saturated carbocycles. The average molecular weight is 249 g/mol. The van der Waals surface area contributed by atoms with Gasteiger partial charge in [0.2, 0.25) is 0 Å². The molecule has 0 spiro atoms. The third-order valence-electron chi connectivity index (χ3n) is 3.43. The summed E-state index contributed by atoms with van der Waals surface area (Å²) >= 11 is 2.00. The van der Waals surface area contributed by atoms with Gasteiger partial charge in [-0.05, 0) is 37.1 Å². The highest BCUT2D eigenvalue weighted by molar-refractivity contribution is 7.99. The zero-order valence-corrected chi connectivity index (χ0v) is 11.7. The molecule has 0 bridgehead atoms. The van der Waals surface area contributed by atoms with Crippen LogP contribution in [0.2, 0.25) is 0 Å². The van der Waals surface area contributed by atoms with Crippen molar-refractivity contribution in [1.82, 2.24) is 5.32 Å². The SMILES string of the molecule is CCCCC(C)NC1CCSc2ccccc21. The molecule has 1 aliphatic heterocycles. The monoisotopic (exact) mass is 249 g/mol. The third kappa shape index (κ3) is 3.49. The van der Waals surface area contributed by atoms with Crippen molar-refractivity contribution in [3.8, 4) is 0 Å². The van der Waals surface area contributed by atoms with Crippen LogP contribution in [0.15, 0.2) is 29.2 Å². The number of nitrogens with one attached hydrogen (secondary N) is 1. The van der Waals surface area contributed by atoms with E-state index in [1.54, 1.807) is 0 Å². The van der Waals surface area contributed by atoms with Gasteiger partial charge < -0.3 is 5.32 Å². The molecule has 1 aliphatic rings. The summed E-state index contributed by atoms with van der Waals surface area (Å²) in [5, 5.41) is 3.80. The summed E-state index contributed by atoms with van der Waals surface area (Å²) in [5.74, 6) is 1.25. The van der Waals surface area contributed by atoms with E-state index in [4.69, 9.17) is 0 Å². The summed E-state index contributed by atoms with van der Waals surface area (Å²) in [6.45, 7) is 4.58. The van der Waals surface area contributed by atoms with E-state index in [1.807, 2.05) is 11.8 Å². The number of hydrogen-bond donors (Lipinski definition) is 1. The van der Waals surface area contributed by atoms with Crippen LogP contribution >= 0.6 is 11.8 Å². The number of thioether (sulfide) groups is 1. The molecule has 1 aromatic carbocycles. The Bertz CT molecular complexity index is 351. The molecule has 0 aliphatic carbocycles. The van der Waals surface area contributed by atoms with Gasteiger partial charge in [-0.25, -0.2) is 0 Å². The number of benzene rings is 1. The molecule has 2 atom stereocenters. The summed E-state index contributed by atoms with van der Waals surface area (Å²) in [5.41, 5.74) is 1.51. The van der Waals surface area contributed by atoms with Crippen molar-refractivity contribution < 1.29 is 0 Å². The molecule has 1 heterocycles. The van der Waals surface area contributed by atoms with Crippen LogP contribution < -0.4 is 5.32 Å². The lowest BCUT2D eigenvalue weighted by Gasteiger charge is -2.28. The van der Waals surface area contributed by atoms with E-state index in [-0.39, 0.29) is 0 Å². The first-order valence-electron chi connectivity index (χ1n) is 6.79. The number of hydrogen-bond acceptors (Lipinski definition) is 2. The van der Waals surface area contributed by atoms with Crippen LogP contribution in [-0.2, 0) is 0 Å². The van der Waals surface area contributed by atoms with Crippen LogP contribution in [0, 0.1) is 0 Å². The van der Waals surface area contributed by atoms with Gasteiger partial charge in [-0.1, -0.05) is 38.0 Å². The lowest BCUT2D eigenvalue weighted by Crippen LogP contribution is -2.32. The Labute approximate surface area is 109 Å². The zero-order valence-electron chi connectivity index (χ0n) is 10.9. The molecule has 94 valence electrons. The standard InChI is InChI=1S/C15H23NS/c1-3-4-7-12(2)16-14-10-11-17-15-9-6-5-8-13(14)15/h5-6,8-9,12,14,16H,3-4,7,10-11H2,1-2H3. The summed E-state index contributed by atoms with van der Waals surface area (Å²) in [7, 11) is 0. The van der Waals surface area contributed by atoms with E-state index >= 15 is 0 Å². The maximum atomic E-state index is 3.80. The van der Waals surface area contributed by atoms with E-state index in [0.717, 1.165) is 0 Å². The molecule has 0 amide bonds. The van der Waals surface area contributed by atoms with Crippen molar-refractivity contribution in [1.29, 1.82) is 0 Å². The minimum absolute atomic E-state index is 0.569. The second-order valence-electron chi connectivity index (χ2n) is 4.94. The fraction of sp³-hybridized carbons (Fsp3) is 0.600. The van der Waals surface area contributed by atoms with Gasteiger partial charge in [0, 0.05) is 17.0 Å². The first kappa shape index (κ1) is 13.0. The topological polar surface area (TPSA) is 12.0 Å². The average Bonchev–Trinajstić information content (AvgIpc) is 2.37. The maximum Gasteiger partial charge on any atom is 0.0341 e. The van der Waals surface area contributed by atoms with Crippen LogP contribution in [0.3, 0.4) is 0 Å². The molecular formula is C15H23NS. The fourth-order valence-corrected chi connectivity index (χ4v) is 3.58. The molecule has 0 radical (unpaired) electrons. The largest absolute Gasteiger partial charge is 0.307 e. The van der Waals surface area contributed by atoms with Crippen LogP contribution in [-0.4, -0.2) is 11.8 Å². The molecule has 2 rings (SSSR count). The van der Waals surface area contributed by atoms with Crippen LogP contribution in [0.25, 0.3) is 0 Å². The van der Waals surface area contributed by atoms with Crippen LogP contribution in [0.5, 0.6) is 0 Å². The normalized spacial score (nSPS) is 20.9. The highest BCUT2D eigenvalue weighted by atomic mass is 32.2. The Kier molecular flexibility index (Phi) is 4.93. The zero-order chi connectivity index (χ0) is 12.1. The third-order valence-corrected chi connectivity index (χ3v) is 4.56. The second-order valence-corrected chi connectivity index (χ2v) is 6.07. The smallest absolute Gasteiger partial charge is 0.0341 e. The first-order chi connectivity index (χ1) is 8.31. The minimum Gasteiger partial charge on any atom is -0.307 e. The molecule has 1 aromatic rings. The van der Waals surface area contributed by atoms with E-state index in [1.165, 1.54) is 41.9 Å². The van der Waals surface area contributed by atoms with E-state index in [2.05, 4.69) is 43.4 Å². The summed E-state index contributed by atoms with van der Waals surface area (Å²) in [6, 6.07) is 10.1. The summed E-state index contributed by atoms with van der Waals surface area (Å²) in [4.78, 5) is 1.47. The van der Waals surface area contributed by atoms with E-state index in [9.17, 15) is 0 Å². The highest BCUT2D eigenvalue weighted by Gasteiger charge is 2.21. The van der Waals surface area contributed by atoms with Gasteiger partial charge in [0.05, 0.1) is 0 Å². The van der Waals surface area contributed by atoms with Crippen LogP contribution in [0.1, 0.15) is 51.1 Å². The Morgan fingerprint density at radius 3 is 3.06 bits per heavy atom. The molecule has 1 nitrogen and oxygen atoms in total. The molecule has 2 unspecified atom stereocenters. The van der Waals surface area contributed by atoms with Gasteiger partial charge in [0.25, 0.3) is 0 Å². The van der Waals surface area contributed by atoms with Crippen molar-refractivity contribution in [3.05, 3.63) is 29.8 Å². The molecule has 17 heavy (non-hydrogen) atoms. The quantitative estimate of drug-likeness (QED) is 0.830. The highest BCUT2D eigenvalue weighted by Crippen LogP contribution is 2.36. The Hall–Kier alpha value is -0.470. The molecule has 2 heteroatoms. The van der Waals surface area contributed by atoms with Crippen molar-refractivity contribution in [2.24, 2.45) is 0 Å². The lowest BCUT2D eigenvalue weighted by molar-refractivity contribution is 0.414. The fourth-order valence-electron chi connectivity index (χ4n) is 2.45. The number of rotatable bonds is 5. The number of fused-ring (bicyclic) bond motifs is 1. The molecule has 0 aromatic heterocycles. The van der Waals surface area contributed by atoms with E-state index < -0.39 is 0 Å². The predicted molar refractivity (Wildman–Crippen MR) is 76.6 cm³/mol. The number of unbranched alkanes of at least 4 members (excludes halogenated alkanes) is 1. The molecule has 0 saturated heterocycles. The van der Waals surface area contributed by atoms with Gasteiger partial charge in [0.1, 0.15) is 0 Å². The first-order valence-corrected chi connectivity index (χ1v) is 7.77. The maximum absolute atomic E-state index is 3.80. The Morgan fingerprint density at radius 1 is 1.41 bits per heavy atom. The van der Waals surface area contributed by atoms with Crippen LogP contribution in [0.4, 0.5) is 0 Å². The lowest BCUT2D eigenvalue weighted by atomic mass is 10.0. The Morgan fingerprint density at radius 2 is 2.24 bits per heavy atom. The molecule has 0 fully saturated rings. The summed E-state index contributed by atoms with van der Waals surface area (Å²) in [6.07, 6.45) is 5.18. The van der Waals surface area contributed by atoms with Crippen molar-refractivity contribution in [3.63, 3.8) is 0 Å². The van der Waals surface area contributed by atoms with Gasteiger partial charge in [0.15, 0.2) is 0 Å². The summed E-state index contributed by atoms with van der Waals surface area (Å²) < 4.78 is 0. The van der Waals surface area contributed by atoms with Crippen molar-refractivity contribution >= 4 is 11.8 Å². The van der Waals surface area contributed by atoms with Gasteiger partial charge in [-0.2, -0.15) is 0 Å². The Balaban J connectivity index is 1.98. The van der Waals surface area contributed by atoms with Gasteiger partial charge >= 0.3 is 0 Å². The van der Waals surface area contributed by atoms with Crippen molar-refractivity contribution in [2.75, 3.05) is 5.75 Å². The molecule has 1 N–H and O–H groups in total. The molecular weight excluding hydrogens is 226 g/mol. The van der Waals surface area contributed by atoms with Gasteiger partial charge in [-0.3, -0.25) is 0 Å². The van der Waals surface area contributed by atoms with E-state index in [0.29, 0.717) is 12.1 Å². The predicted octanol–water partition coefficient (Wildman–Crippen LogP) is 4.39.